The van der Waals surface area contributed by atoms with Gasteiger partial charge in [0.2, 0.25) is 0 Å². The Morgan fingerprint density at radius 1 is 1.30 bits per heavy atom. The molecule has 2 rings (SSSR count). The molecule has 0 aliphatic heterocycles. The number of halogens is 1. The molecule has 0 atom stereocenters. The van der Waals surface area contributed by atoms with Gasteiger partial charge in [0.25, 0.3) is 0 Å². The zero-order valence-corrected chi connectivity index (χ0v) is 11.8. The number of nitrogens with two attached hydrogens (primary N) is 1. The van der Waals surface area contributed by atoms with Gasteiger partial charge in [-0.15, -0.1) is 0 Å². The Bertz CT molecular complexity index is 629. The van der Waals surface area contributed by atoms with E-state index in [1.165, 1.54) is 7.11 Å². The topological polar surface area (TPSA) is 64.3 Å². The number of hydrogen-bond donors (Lipinski definition) is 2. The Balaban J connectivity index is 2.21. The van der Waals surface area contributed by atoms with Crippen LogP contribution in [0.2, 0.25) is 5.02 Å². The van der Waals surface area contributed by atoms with Crippen LogP contribution < -0.4 is 11.1 Å². The summed E-state index contributed by atoms with van der Waals surface area (Å²) < 4.78 is 4.75. The predicted octanol–water partition coefficient (Wildman–Crippen LogP) is 3.32. The third-order valence-electron chi connectivity index (χ3n) is 2.88. The molecule has 0 heterocycles. The van der Waals surface area contributed by atoms with Gasteiger partial charge >= 0.3 is 5.97 Å². The summed E-state index contributed by atoms with van der Waals surface area (Å²) in [5.74, 6) is -0.432. The molecule has 0 radical (unpaired) electrons. The van der Waals surface area contributed by atoms with Crippen LogP contribution in [0.4, 0.5) is 11.4 Å². The summed E-state index contributed by atoms with van der Waals surface area (Å²) in [5, 5.41) is 3.85. The van der Waals surface area contributed by atoms with Gasteiger partial charge < -0.3 is 15.8 Å². The summed E-state index contributed by atoms with van der Waals surface area (Å²) in [4.78, 5) is 11.7. The van der Waals surface area contributed by atoms with Crippen molar-refractivity contribution in [3.05, 3.63) is 58.6 Å². The molecule has 0 aromatic heterocycles. The van der Waals surface area contributed by atoms with Gasteiger partial charge in [-0.25, -0.2) is 4.79 Å². The minimum Gasteiger partial charge on any atom is -0.465 e. The fourth-order valence-electron chi connectivity index (χ4n) is 1.83. The first-order chi connectivity index (χ1) is 9.61. The molecule has 3 N–H and O–H groups in total. The smallest absolute Gasteiger partial charge is 0.340 e. The van der Waals surface area contributed by atoms with Crippen LogP contribution in [0.3, 0.4) is 0 Å². The summed E-state index contributed by atoms with van der Waals surface area (Å²) in [6.07, 6.45) is 0. The first-order valence-corrected chi connectivity index (χ1v) is 6.44. The SMILES string of the molecule is COC(=O)c1cc(N)ccc1NCc1ccccc1Cl. The average Bonchev–Trinajstić information content (AvgIpc) is 2.46. The number of nitrogen functional groups attached to an aromatic ring is 1. The standard InChI is InChI=1S/C15H15ClN2O2/c1-20-15(19)12-8-11(17)6-7-14(12)18-9-10-4-2-3-5-13(10)16/h2-8,18H,9,17H2,1H3. The monoisotopic (exact) mass is 290 g/mol. The first-order valence-electron chi connectivity index (χ1n) is 6.07. The lowest BCUT2D eigenvalue weighted by Crippen LogP contribution is -2.09. The van der Waals surface area contributed by atoms with Crippen molar-refractivity contribution in [3.63, 3.8) is 0 Å². The maximum absolute atomic E-state index is 11.7. The second kappa shape index (κ2) is 6.30. The van der Waals surface area contributed by atoms with E-state index in [2.05, 4.69) is 5.32 Å². The van der Waals surface area contributed by atoms with Crippen molar-refractivity contribution in [2.45, 2.75) is 6.54 Å². The highest BCUT2D eigenvalue weighted by Crippen LogP contribution is 2.22. The first kappa shape index (κ1) is 14.2. The molecular formula is C15H15ClN2O2. The van der Waals surface area contributed by atoms with E-state index >= 15 is 0 Å². The van der Waals surface area contributed by atoms with Crippen LogP contribution in [0.1, 0.15) is 15.9 Å². The number of benzene rings is 2. The zero-order chi connectivity index (χ0) is 14.5. The van der Waals surface area contributed by atoms with Crippen molar-refractivity contribution in [2.24, 2.45) is 0 Å². The third kappa shape index (κ3) is 3.22. The van der Waals surface area contributed by atoms with Crippen LogP contribution >= 0.6 is 11.6 Å². The highest BCUT2D eigenvalue weighted by Gasteiger charge is 2.12. The number of carbonyl (C=O) groups excluding carboxylic acids is 1. The molecule has 20 heavy (non-hydrogen) atoms. The van der Waals surface area contributed by atoms with Crippen LogP contribution in [0.5, 0.6) is 0 Å². The Hall–Kier alpha value is -2.20. The maximum atomic E-state index is 11.7. The molecule has 0 aliphatic rings. The Morgan fingerprint density at radius 3 is 2.75 bits per heavy atom. The van der Waals surface area contributed by atoms with E-state index in [9.17, 15) is 4.79 Å². The zero-order valence-electron chi connectivity index (χ0n) is 11.0. The van der Waals surface area contributed by atoms with E-state index in [-0.39, 0.29) is 0 Å². The minimum atomic E-state index is -0.432. The fourth-order valence-corrected chi connectivity index (χ4v) is 2.03. The number of carbonyl (C=O) groups is 1. The number of nitrogens with one attached hydrogen (secondary N) is 1. The Labute approximate surface area is 122 Å². The lowest BCUT2D eigenvalue weighted by Gasteiger charge is -2.12. The molecule has 2 aromatic carbocycles. The lowest BCUT2D eigenvalue weighted by atomic mass is 10.1. The van der Waals surface area contributed by atoms with Gasteiger partial charge in [0, 0.05) is 22.9 Å². The van der Waals surface area contributed by atoms with Crippen molar-refractivity contribution < 1.29 is 9.53 Å². The summed E-state index contributed by atoms with van der Waals surface area (Å²) in [6.45, 7) is 0.508. The fraction of sp³-hybridized carbons (Fsp3) is 0.133. The molecule has 2 aromatic rings. The van der Waals surface area contributed by atoms with Crippen LogP contribution in [0.25, 0.3) is 0 Å². The molecule has 0 saturated heterocycles. The number of ether oxygens (including phenoxy) is 1. The minimum absolute atomic E-state index is 0.402. The largest absolute Gasteiger partial charge is 0.465 e. The average molecular weight is 291 g/mol. The molecule has 0 amide bonds. The molecule has 0 fully saturated rings. The van der Waals surface area contributed by atoms with Crippen LogP contribution in [0, 0.1) is 0 Å². The van der Waals surface area contributed by atoms with Gasteiger partial charge in [0.15, 0.2) is 0 Å². The van der Waals surface area contributed by atoms with Gasteiger partial charge in [-0.2, -0.15) is 0 Å². The molecule has 5 heteroatoms. The molecule has 0 spiro atoms. The Kier molecular flexibility index (Phi) is 4.48. The summed E-state index contributed by atoms with van der Waals surface area (Å²) in [5.41, 5.74) is 8.21. The number of anilines is 2. The maximum Gasteiger partial charge on any atom is 0.340 e. The highest BCUT2D eigenvalue weighted by molar-refractivity contribution is 6.31. The van der Waals surface area contributed by atoms with Crippen molar-refractivity contribution in [2.75, 3.05) is 18.2 Å². The van der Waals surface area contributed by atoms with E-state index in [0.29, 0.717) is 28.5 Å². The molecule has 0 bridgehead atoms. The normalized spacial score (nSPS) is 10.1. The second-order valence-corrected chi connectivity index (χ2v) is 4.65. The lowest BCUT2D eigenvalue weighted by molar-refractivity contribution is 0.0602. The Morgan fingerprint density at radius 2 is 2.05 bits per heavy atom. The highest BCUT2D eigenvalue weighted by atomic mass is 35.5. The number of hydrogen-bond acceptors (Lipinski definition) is 4. The van der Waals surface area contributed by atoms with E-state index in [4.69, 9.17) is 22.1 Å². The summed E-state index contributed by atoms with van der Waals surface area (Å²) >= 11 is 6.09. The molecule has 0 saturated carbocycles. The molecular weight excluding hydrogens is 276 g/mol. The number of esters is 1. The molecule has 0 aliphatic carbocycles. The van der Waals surface area contributed by atoms with Gasteiger partial charge in [0.05, 0.1) is 12.7 Å². The summed E-state index contributed by atoms with van der Waals surface area (Å²) in [6, 6.07) is 12.6. The van der Waals surface area contributed by atoms with Gasteiger partial charge in [0.1, 0.15) is 0 Å². The van der Waals surface area contributed by atoms with Crippen LogP contribution in [0.15, 0.2) is 42.5 Å². The molecule has 104 valence electrons. The van der Waals surface area contributed by atoms with E-state index in [1.54, 1.807) is 18.2 Å². The van der Waals surface area contributed by atoms with Crippen molar-refractivity contribution >= 4 is 28.9 Å². The van der Waals surface area contributed by atoms with Crippen molar-refractivity contribution in [1.29, 1.82) is 0 Å². The van der Waals surface area contributed by atoms with Crippen LogP contribution in [-0.4, -0.2) is 13.1 Å². The van der Waals surface area contributed by atoms with E-state index < -0.39 is 5.97 Å². The van der Waals surface area contributed by atoms with Crippen molar-refractivity contribution in [3.8, 4) is 0 Å². The van der Waals surface area contributed by atoms with Crippen molar-refractivity contribution in [1.82, 2.24) is 0 Å². The van der Waals surface area contributed by atoms with E-state index in [0.717, 1.165) is 5.56 Å². The van der Waals surface area contributed by atoms with E-state index in [1.807, 2.05) is 24.3 Å². The number of rotatable bonds is 4. The quantitative estimate of drug-likeness (QED) is 0.670. The number of methoxy groups -OCH3 is 1. The predicted molar refractivity (Wildman–Crippen MR) is 81.0 cm³/mol. The third-order valence-corrected chi connectivity index (χ3v) is 3.24. The second-order valence-electron chi connectivity index (χ2n) is 4.24. The van der Waals surface area contributed by atoms with Gasteiger partial charge in [-0.05, 0) is 29.8 Å². The van der Waals surface area contributed by atoms with Gasteiger partial charge in [-0.1, -0.05) is 29.8 Å². The van der Waals surface area contributed by atoms with Gasteiger partial charge in [-0.3, -0.25) is 0 Å². The molecule has 0 unspecified atom stereocenters. The van der Waals surface area contributed by atoms with Crippen LogP contribution in [-0.2, 0) is 11.3 Å². The molecule has 4 nitrogen and oxygen atoms in total. The summed E-state index contributed by atoms with van der Waals surface area (Å²) in [7, 11) is 1.34.